The Balaban J connectivity index is 2.23. The van der Waals surface area contributed by atoms with E-state index >= 15 is 0 Å². The average molecular weight is 290 g/mol. The minimum absolute atomic E-state index is 0.138. The monoisotopic (exact) mass is 290 g/mol. The maximum atomic E-state index is 12.4. The topological polar surface area (TPSA) is 60.9 Å². The Bertz CT molecular complexity index is 524. The Morgan fingerprint density at radius 1 is 1.44 bits per heavy atom. The van der Waals surface area contributed by atoms with E-state index in [1.165, 1.54) is 15.6 Å². The van der Waals surface area contributed by atoms with E-state index in [-0.39, 0.29) is 12.6 Å². The van der Waals surface area contributed by atoms with Crippen LogP contribution in [0.5, 0.6) is 0 Å². The van der Waals surface area contributed by atoms with E-state index in [2.05, 4.69) is 0 Å². The van der Waals surface area contributed by atoms with E-state index in [0.717, 1.165) is 5.56 Å². The molecule has 0 radical (unpaired) electrons. The number of thiophene rings is 1. The molecule has 7 heteroatoms. The van der Waals surface area contributed by atoms with Gasteiger partial charge in [-0.25, -0.2) is 8.42 Å². The van der Waals surface area contributed by atoms with Gasteiger partial charge in [0.15, 0.2) is 0 Å². The van der Waals surface area contributed by atoms with Crippen molar-refractivity contribution >= 4 is 21.4 Å². The average Bonchev–Trinajstić information content (AvgIpc) is 2.84. The maximum absolute atomic E-state index is 12.4. The number of β-amino-alcohol motifs (C(OH)–C–C–N with tert-alkyl or cyclic N) is 1. The number of nitrogens with zero attached hydrogens (tertiary/aromatic N) is 2. The number of rotatable bonds is 3. The van der Waals surface area contributed by atoms with Gasteiger partial charge in [0.05, 0.1) is 12.1 Å². The second kappa shape index (κ2) is 4.90. The van der Waals surface area contributed by atoms with Gasteiger partial charge in [0.2, 0.25) is 0 Å². The van der Waals surface area contributed by atoms with Crippen LogP contribution in [0.4, 0.5) is 0 Å². The smallest absolute Gasteiger partial charge is 0.252 e. The number of aliphatic hydroxyl groups excluding tert-OH is 1. The number of hydrogen-bond acceptors (Lipinski definition) is 5. The third-order valence-corrected chi connectivity index (χ3v) is 6.55. The molecule has 2 atom stereocenters. The number of aliphatic hydroxyl groups is 1. The molecule has 0 aliphatic carbocycles. The molecule has 102 valence electrons. The SMILES string of the molecule is Cc1csc(S(=O)(=O)N2C[C@H](O)[C@@H](N(C)C)C2)c1. The highest BCUT2D eigenvalue weighted by molar-refractivity contribution is 7.91. The van der Waals surface area contributed by atoms with Crippen molar-refractivity contribution in [1.82, 2.24) is 9.21 Å². The lowest BCUT2D eigenvalue weighted by molar-refractivity contribution is 0.113. The fourth-order valence-corrected chi connectivity index (χ4v) is 4.96. The Hall–Kier alpha value is -0.470. The van der Waals surface area contributed by atoms with E-state index in [1.54, 1.807) is 6.07 Å². The van der Waals surface area contributed by atoms with Gasteiger partial charge in [-0.3, -0.25) is 0 Å². The summed E-state index contributed by atoms with van der Waals surface area (Å²) in [4.78, 5) is 1.86. The van der Waals surface area contributed by atoms with Gasteiger partial charge in [-0.05, 0) is 38.0 Å². The molecule has 2 rings (SSSR count). The summed E-state index contributed by atoms with van der Waals surface area (Å²) >= 11 is 1.23. The summed E-state index contributed by atoms with van der Waals surface area (Å²) in [6, 6.07) is 1.54. The molecular formula is C11H18N2O3S2. The molecule has 1 aromatic heterocycles. The van der Waals surface area contributed by atoms with Gasteiger partial charge >= 0.3 is 0 Å². The first kappa shape index (κ1) is 14.0. The van der Waals surface area contributed by atoms with Gasteiger partial charge < -0.3 is 10.0 Å². The van der Waals surface area contributed by atoms with Gasteiger partial charge in [0.1, 0.15) is 4.21 Å². The molecule has 1 N–H and O–H groups in total. The molecule has 0 amide bonds. The van der Waals surface area contributed by atoms with E-state index in [1.807, 2.05) is 31.3 Å². The number of aryl methyl sites for hydroxylation is 1. The van der Waals surface area contributed by atoms with E-state index < -0.39 is 16.1 Å². The van der Waals surface area contributed by atoms with Crippen molar-refractivity contribution < 1.29 is 13.5 Å². The highest BCUT2D eigenvalue weighted by Crippen LogP contribution is 2.27. The molecule has 0 unspecified atom stereocenters. The zero-order valence-electron chi connectivity index (χ0n) is 10.7. The van der Waals surface area contributed by atoms with E-state index in [9.17, 15) is 13.5 Å². The molecule has 1 aliphatic rings. The van der Waals surface area contributed by atoms with Crippen LogP contribution in [0.1, 0.15) is 5.56 Å². The Labute approximate surface area is 112 Å². The van der Waals surface area contributed by atoms with Gasteiger partial charge in [-0.1, -0.05) is 0 Å². The van der Waals surface area contributed by atoms with Gasteiger partial charge in [0.25, 0.3) is 10.0 Å². The van der Waals surface area contributed by atoms with Crippen molar-refractivity contribution in [2.45, 2.75) is 23.3 Å². The van der Waals surface area contributed by atoms with E-state index in [0.29, 0.717) is 10.8 Å². The summed E-state index contributed by atoms with van der Waals surface area (Å²) in [5.41, 5.74) is 0.947. The number of likely N-dealkylation sites (N-methyl/N-ethyl adjacent to an activating group) is 1. The molecular weight excluding hydrogens is 272 g/mol. The standard InChI is InChI=1S/C11H18N2O3S2/c1-8-4-11(17-7-8)18(15,16)13-5-9(12(2)3)10(14)6-13/h4,7,9-10,14H,5-6H2,1-3H3/t9-,10-/m0/s1. The second-order valence-corrected chi connectivity index (χ2v) is 7.94. The Morgan fingerprint density at radius 2 is 2.11 bits per heavy atom. The third kappa shape index (κ3) is 2.46. The van der Waals surface area contributed by atoms with Crippen LogP contribution in [-0.2, 0) is 10.0 Å². The van der Waals surface area contributed by atoms with Gasteiger partial charge in [0, 0.05) is 13.1 Å². The van der Waals surface area contributed by atoms with Crippen LogP contribution in [0.15, 0.2) is 15.7 Å². The molecule has 1 fully saturated rings. The summed E-state index contributed by atoms with van der Waals surface area (Å²) in [5, 5.41) is 11.7. The summed E-state index contributed by atoms with van der Waals surface area (Å²) in [7, 11) is 0.241. The predicted molar refractivity (Wildman–Crippen MR) is 71.3 cm³/mol. The molecule has 1 aromatic rings. The molecule has 2 heterocycles. The molecule has 1 saturated heterocycles. The molecule has 18 heavy (non-hydrogen) atoms. The summed E-state index contributed by atoms with van der Waals surface area (Å²) in [6.07, 6.45) is -0.629. The highest BCUT2D eigenvalue weighted by Gasteiger charge is 2.39. The van der Waals surface area contributed by atoms with Gasteiger partial charge in [-0.15, -0.1) is 11.3 Å². The van der Waals surface area contributed by atoms with Crippen molar-refractivity contribution in [3.63, 3.8) is 0 Å². The zero-order valence-corrected chi connectivity index (χ0v) is 12.3. The fourth-order valence-electron chi connectivity index (χ4n) is 2.11. The minimum Gasteiger partial charge on any atom is -0.390 e. The van der Waals surface area contributed by atoms with Crippen LogP contribution in [0, 0.1) is 6.92 Å². The van der Waals surface area contributed by atoms with Crippen LogP contribution in [0.3, 0.4) is 0 Å². The first-order valence-electron chi connectivity index (χ1n) is 5.72. The van der Waals surface area contributed by atoms with Crippen LogP contribution >= 0.6 is 11.3 Å². The largest absolute Gasteiger partial charge is 0.390 e. The lowest BCUT2D eigenvalue weighted by Gasteiger charge is -2.21. The van der Waals surface area contributed by atoms with E-state index in [4.69, 9.17) is 0 Å². The Kier molecular flexibility index (Phi) is 3.80. The fraction of sp³-hybridized carbons (Fsp3) is 0.636. The molecule has 0 aromatic carbocycles. The van der Waals surface area contributed by atoms with Crippen molar-refractivity contribution in [1.29, 1.82) is 0 Å². The molecule has 0 bridgehead atoms. The van der Waals surface area contributed by atoms with Crippen LogP contribution in [0.2, 0.25) is 0 Å². The summed E-state index contributed by atoms with van der Waals surface area (Å²) in [6.45, 7) is 2.38. The normalized spacial score (nSPS) is 26.1. The third-order valence-electron chi connectivity index (χ3n) is 3.19. The van der Waals surface area contributed by atoms with Crippen molar-refractivity contribution in [3.8, 4) is 0 Å². The first-order chi connectivity index (χ1) is 8.32. The number of sulfonamides is 1. The quantitative estimate of drug-likeness (QED) is 0.873. The van der Waals surface area contributed by atoms with Crippen LogP contribution in [-0.4, -0.2) is 62.1 Å². The molecule has 5 nitrogen and oxygen atoms in total. The minimum atomic E-state index is -3.45. The van der Waals surface area contributed by atoms with Crippen molar-refractivity contribution in [2.75, 3.05) is 27.2 Å². The predicted octanol–water partition coefficient (Wildman–Crippen LogP) is 0.352. The first-order valence-corrected chi connectivity index (χ1v) is 8.04. The van der Waals surface area contributed by atoms with Crippen molar-refractivity contribution in [3.05, 3.63) is 17.0 Å². The molecule has 0 spiro atoms. The summed E-state index contributed by atoms with van der Waals surface area (Å²) < 4.78 is 26.5. The molecule has 0 saturated carbocycles. The van der Waals surface area contributed by atoms with Gasteiger partial charge in [-0.2, -0.15) is 4.31 Å². The molecule has 1 aliphatic heterocycles. The second-order valence-electron chi connectivity index (χ2n) is 4.86. The summed E-state index contributed by atoms with van der Waals surface area (Å²) in [5.74, 6) is 0. The highest BCUT2D eigenvalue weighted by atomic mass is 32.2. The lowest BCUT2D eigenvalue weighted by Crippen LogP contribution is -2.38. The van der Waals surface area contributed by atoms with Crippen molar-refractivity contribution in [2.24, 2.45) is 0 Å². The zero-order chi connectivity index (χ0) is 13.5. The number of hydrogen-bond donors (Lipinski definition) is 1. The van der Waals surface area contributed by atoms with Crippen LogP contribution < -0.4 is 0 Å². The lowest BCUT2D eigenvalue weighted by atomic mass is 10.2. The van der Waals surface area contributed by atoms with Crippen LogP contribution in [0.25, 0.3) is 0 Å². The Morgan fingerprint density at radius 3 is 2.56 bits per heavy atom. The maximum Gasteiger partial charge on any atom is 0.252 e.